The minimum absolute atomic E-state index is 0.0277. The van der Waals surface area contributed by atoms with E-state index in [9.17, 15) is 4.79 Å². The zero-order valence-corrected chi connectivity index (χ0v) is 18.5. The van der Waals surface area contributed by atoms with Crippen molar-refractivity contribution in [3.8, 4) is 0 Å². The summed E-state index contributed by atoms with van der Waals surface area (Å²) in [5, 5.41) is 1.11. The van der Waals surface area contributed by atoms with Gasteiger partial charge in [0.1, 0.15) is 6.04 Å². The summed E-state index contributed by atoms with van der Waals surface area (Å²) in [7, 11) is 0. The minimum atomic E-state index is -0.201. The van der Waals surface area contributed by atoms with Gasteiger partial charge >= 0.3 is 5.97 Å². The molecule has 4 nitrogen and oxygen atoms in total. The lowest BCUT2D eigenvalue weighted by Gasteiger charge is -2.48. The molecule has 4 heterocycles. The maximum absolute atomic E-state index is 13.0. The summed E-state index contributed by atoms with van der Waals surface area (Å²) in [6.07, 6.45) is 12.9. The fraction of sp³-hybridized carbons (Fsp3) is 0.556. The van der Waals surface area contributed by atoms with Crippen LogP contribution in [0.15, 0.2) is 49.2 Å². The first-order chi connectivity index (χ1) is 15.2. The number of nitrogens with one attached hydrogen (secondary N) is 1. The van der Waals surface area contributed by atoms with Gasteiger partial charge in [0, 0.05) is 42.3 Å². The largest absolute Gasteiger partial charge is 0.451 e. The number of carbonyl (C=O) groups is 1. The number of fused-ring (bicyclic) bond motifs is 4. The van der Waals surface area contributed by atoms with E-state index in [1.54, 1.807) is 4.90 Å². The molecule has 1 N–H and O–H groups in total. The number of ether oxygens (including phenoxy) is 1. The highest BCUT2D eigenvalue weighted by molar-refractivity contribution is 5.82. The zero-order valence-electron chi connectivity index (χ0n) is 18.5. The van der Waals surface area contributed by atoms with Gasteiger partial charge in [0.25, 0.3) is 0 Å². The Hall–Kier alpha value is -2.20. The molecule has 5 atom stereocenters. The van der Waals surface area contributed by atoms with E-state index in [2.05, 4.69) is 35.8 Å². The van der Waals surface area contributed by atoms with Crippen LogP contribution in [0.3, 0.4) is 0 Å². The Morgan fingerprint density at radius 2 is 2.06 bits per heavy atom. The van der Waals surface area contributed by atoms with Gasteiger partial charge in [0.2, 0.25) is 0 Å². The second-order valence-corrected chi connectivity index (χ2v) is 9.92. The second-order valence-electron chi connectivity index (χ2n) is 9.92. The fourth-order valence-corrected chi connectivity index (χ4v) is 6.44. The molecule has 0 spiro atoms. The molecule has 2 aromatic rings. The lowest BCUT2D eigenvalue weighted by atomic mass is 9.73. The van der Waals surface area contributed by atoms with Crippen LogP contribution in [0.2, 0.25) is 0 Å². The number of piperidine rings is 3. The predicted molar refractivity (Wildman–Crippen MR) is 123 cm³/mol. The van der Waals surface area contributed by atoms with Crippen molar-refractivity contribution in [2.24, 2.45) is 17.8 Å². The van der Waals surface area contributed by atoms with Gasteiger partial charge in [-0.1, -0.05) is 50.0 Å². The van der Waals surface area contributed by atoms with E-state index < -0.39 is 0 Å². The van der Waals surface area contributed by atoms with Crippen molar-refractivity contribution in [1.82, 2.24) is 4.98 Å². The van der Waals surface area contributed by atoms with E-state index in [0.717, 1.165) is 35.9 Å². The number of nitrogens with zero attached hydrogens (tertiary/aromatic N) is 1. The molecular formula is C27H35N2O2+. The molecule has 4 fully saturated rings. The van der Waals surface area contributed by atoms with E-state index in [4.69, 9.17) is 4.74 Å². The minimum Gasteiger partial charge on any atom is -0.451 e. The summed E-state index contributed by atoms with van der Waals surface area (Å²) in [4.78, 5) is 19.1. The molecule has 0 radical (unpaired) electrons. The molecule has 1 aromatic carbocycles. The number of para-hydroxylation sites is 1. The lowest BCUT2D eigenvalue weighted by molar-refractivity contribution is -0.949. The Morgan fingerprint density at radius 3 is 2.84 bits per heavy atom. The van der Waals surface area contributed by atoms with Crippen LogP contribution in [0.4, 0.5) is 0 Å². The summed E-state index contributed by atoms with van der Waals surface area (Å²) in [6.45, 7) is 6.35. The molecule has 0 amide bonds. The summed E-state index contributed by atoms with van der Waals surface area (Å²) in [6, 6.07) is 10.6. The van der Waals surface area contributed by atoms with E-state index in [-0.39, 0.29) is 12.1 Å². The number of carbonyl (C=O) groups excluding carboxylic acids is 1. The van der Waals surface area contributed by atoms with Gasteiger partial charge in [-0.25, -0.2) is 0 Å². The van der Waals surface area contributed by atoms with Crippen LogP contribution in [-0.4, -0.2) is 30.1 Å². The van der Waals surface area contributed by atoms with Gasteiger partial charge in [-0.15, -0.1) is 6.58 Å². The molecule has 4 aliphatic rings. The van der Waals surface area contributed by atoms with Crippen molar-refractivity contribution in [3.05, 3.63) is 54.7 Å². The molecule has 1 saturated carbocycles. The third-order valence-corrected chi connectivity index (χ3v) is 8.17. The highest BCUT2D eigenvalue weighted by Crippen LogP contribution is 2.36. The highest BCUT2D eigenvalue weighted by Gasteiger charge is 2.47. The van der Waals surface area contributed by atoms with Gasteiger partial charge in [-0.3, -0.25) is 9.78 Å². The summed E-state index contributed by atoms with van der Waals surface area (Å²) in [5.41, 5.74) is 2.10. The maximum atomic E-state index is 13.0. The van der Waals surface area contributed by atoms with Crippen LogP contribution >= 0.6 is 0 Å². The van der Waals surface area contributed by atoms with Crippen molar-refractivity contribution < 1.29 is 14.4 Å². The number of aromatic nitrogens is 1. The number of quaternary nitrogens is 1. The van der Waals surface area contributed by atoms with E-state index in [1.165, 1.54) is 38.6 Å². The van der Waals surface area contributed by atoms with Crippen molar-refractivity contribution in [3.63, 3.8) is 0 Å². The van der Waals surface area contributed by atoms with Crippen molar-refractivity contribution >= 4 is 16.9 Å². The maximum Gasteiger partial charge on any atom is 0.306 e. The second kappa shape index (κ2) is 9.12. The summed E-state index contributed by atoms with van der Waals surface area (Å²) in [5.74, 6) is 1.93. The molecule has 3 saturated heterocycles. The Balaban J connectivity index is 1.41. The summed E-state index contributed by atoms with van der Waals surface area (Å²) >= 11 is 0. The molecular weight excluding hydrogens is 384 g/mol. The first kappa shape index (κ1) is 20.7. The molecule has 3 aliphatic heterocycles. The normalized spacial score (nSPS) is 29.2. The molecule has 31 heavy (non-hydrogen) atoms. The zero-order chi connectivity index (χ0) is 21.2. The Labute approximate surface area is 185 Å². The molecule has 1 unspecified atom stereocenters. The van der Waals surface area contributed by atoms with Crippen molar-refractivity contribution in [1.29, 1.82) is 0 Å². The molecule has 164 valence electrons. The fourth-order valence-electron chi connectivity index (χ4n) is 6.44. The Bertz CT molecular complexity index is 930. The molecule has 1 aliphatic carbocycles. The molecule has 2 bridgehead atoms. The molecule has 4 heteroatoms. The lowest BCUT2D eigenvalue weighted by Crippen LogP contribution is -3.20. The van der Waals surface area contributed by atoms with Crippen molar-refractivity contribution in [2.45, 2.75) is 63.5 Å². The van der Waals surface area contributed by atoms with Crippen LogP contribution in [0.5, 0.6) is 0 Å². The number of hydrogen-bond donors (Lipinski definition) is 1. The Morgan fingerprint density at radius 1 is 1.23 bits per heavy atom. The number of benzene rings is 1. The number of pyridine rings is 1. The average Bonchev–Trinajstić information content (AvgIpc) is 3.35. The Kier molecular flexibility index (Phi) is 6.08. The van der Waals surface area contributed by atoms with Crippen molar-refractivity contribution in [2.75, 3.05) is 13.1 Å². The predicted octanol–water partition coefficient (Wildman–Crippen LogP) is 4.27. The topological polar surface area (TPSA) is 43.6 Å². The van der Waals surface area contributed by atoms with Gasteiger partial charge in [-0.2, -0.15) is 0 Å². The van der Waals surface area contributed by atoms with Gasteiger partial charge in [0.05, 0.1) is 18.6 Å². The summed E-state index contributed by atoms with van der Waals surface area (Å²) < 4.78 is 6.35. The van der Waals surface area contributed by atoms with Crippen LogP contribution in [-0.2, 0) is 9.53 Å². The number of hydrogen-bond acceptors (Lipinski definition) is 3. The van der Waals surface area contributed by atoms with Gasteiger partial charge < -0.3 is 9.64 Å². The van der Waals surface area contributed by atoms with E-state index in [0.29, 0.717) is 30.2 Å². The first-order valence-corrected chi connectivity index (χ1v) is 12.2. The highest BCUT2D eigenvalue weighted by atomic mass is 16.5. The average molecular weight is 420 g/mol. The van der Waals surface area contributed by atoms with Crippen LogP contribution in [0.25, 0.3) is 10.9 Å². The van der Waals surface area contributed by atoms with Crippen LogP contribution in [0.1, 0.15) is 63.0 Å². The smallest absolute Gasteiger partial charge is 0.306 e. The SMILES string of the molecule is C=C[C@H]1C[NH+]2CC[C@@H]1C[C@H]2[C@H](OC(=O)CCC1CCCC1)c1ccnc2ccccc12. The molecule has 1 aromatic heterocycles. The monoisotopic (exact) mass is 419 g/mol. The quantitative estimate of drug-likeness (QED) is 0.538. The van der Waals surface area contributed by atoms with E-state index in [1.807, 2.05) is 18.3 Å². The van der Waals surface area contributed by atoms with Crippen LogP contribution < -0.4 is 4.90 Å². The van der Waals surface area contributed by atoms with Crippen LogP contribution in [0, 0.1) is 17.8 Å². The van der Waals surface area contributed by atoms with Gasteiger partial charge in [0.15, 0.2) is 6.10 Å². The molecule has 6 rings (SSSR count). The number of esters is 1. The third kappa shape index (κ3) is 4.27. The standard InChI is InChI=1S/C27H34N2O2/c1-2-20-18-29-16-14-21(20)17-25(29)27(31-26(30)12-11-19-7-3-4-8-19)23-13-15-28-24-10-6-5-9-22(23)24/h2,5-6,9-10,13,15,19-21,25,27H,1,3-4,7-8,11-12,14,16-18H2/p+1/t20-,21+,25-,27+/m0/s1. The number of rotatable bonds is 7. The third-order valence-electron chi connectivity index (χ3n) is 8.17. The van der Waals surface area contributed by atoms with Gasteiger partial charge in [-0.05, 0) is 30.4 Å². The first-order valence-electron chi connectivity index (χ1n) is 12.2. The van der Waals surface area contributed by atoms with E-state index >= 15 is 0 Å².